The van der Waals surface area contributed by atoms with Crippen molar-refractivity contribution in [1.29, 1.82) is 0 Å². The predicted octanol–water partition coefficient (Wildman–Crippen LogP) is 3.76. The van der Waals surface area contributed by atoms with E-state index in [9.17, 15) is 9.59 Å². The van der Waals surface area contributed by atoms with E-state index in [2.05, 4.69) is 5.43 Å². The molecular formula is C17H12Cl2N2O2. The van der Waals surface area contributed by atoms with Crippen molar-refractivity contribution >= 4 is 46.8 Å². The summed E-state index contributed by atoms with van der Waals surface area (Å²) in [6, 6.07) is 12.0. The number of halogens is 2. The Morgan fingerprint density at radius 2 is 1.74 bits per heavy atom. The highest BCUT2D eigenvalue weighted by Gasteiger charge is 2.34. The van der Waals surface area contributed by atoms with Gasteiger partial charge in [-0.2, -0.15) is 0 Å². The second-order valence-corrected chi connectivity index (χ2v) is 5.97. The molecule has 1 fully saturated rings. The molecule has 0 spiro atoms. The monoisotopic (exact) mass is 346 g/mol. The maximum absolute atomic E-state index is 12.5. The van der Waals surface area contributed by atoms with Gasteiger partial charge in [-0.15, -0.1) is 0 Å². The third-order valence-electron chi connectivity index (χ3n) is 3.49. The van der Waals surface area contributed by atoms with Crippen LogP contribution in [0.2, 0.25) is 10.0 Å². The highest BCUT2D eigenvalue weighted by atomic mass is 35.5. The van der Waals surface area contributed by atoms with Gasteiger partial charge in [0.25, 0.3) is 11.8 Å². The summed E-state index contributed by atoms with van der Waals surface area (Å²) < 4.78 is 0. The average molecular weight is 347 g/mol. The fourth-order valence-corrected chi connectivity index (χ4v) is 2.49. The summed E-state index contributed by atoms with van der Waals surface area (Å²) in [6.07, 6.45) is 1.53. The van der Waals surface area contributed by atoms with Crippen molar-refractivity contribution in [3.05, 3.63) is 69.2 Å². The fourth-order valence-electron chi connectivity index (χ4n) is 2.19. The van der Waals surface area contributed by atoms with Gasteiger partial charge in [0.2, 0.25) is 0 Å². The van der Waals surface area contributed by atoms with Crippen LogP contribution in [0.5, 0.6) is 0 Å². The first-order valence-electron chi connectivity index (χ1n) is 6.84. The number of anilines is 1. The van der Waals surface area contributed by atoms with Gasteiger partial charge in [0, 0.05) is 10.0 Å². The Kier molecular flexibility index (Phi) is 4.11. The number of nitrogens with zero attached hydrogens (tertiary/aromatic N) is 1. The molecule has 23 heavy (non-hydrogen) atoms. The minimum Gasteiger partial charge on any atom is -0.267 e. The molecule has 0 saturated carbocycles. The molecule has 1 aliphatic heterocycles. The molecule has 6 heteroatoms. The number of carbonyl (C=O) groups is 2. The number of carbonyl (C=O) groups excluding carboxylic acids is 2. The van der Waals surface area contributed by atoms with Crippen molar-refractivity contribution in [2.45, 2.75) is 6.92 Å². The summed E-state index contributed by atoms with van der Waals surface area (Å²) in [4.78, 5) is 24.6. The van der Waals surface area contributed by atoms with Gasteiger partial charge >= 0.3 is 0 Å². The normalized spacial score (nSPS) is 16.1. The zero-order chi connectivity index (χ0) is 16.6. The maximum Gasteiger partial charge on any atom is 0.282 e. The van der Waals surface area contributed by atoms with Gasteiger partial charge in [0.1, 0.15) is 5.57 Å². The number of hydrogen-bond acceptors (Lipinski definition) is 2. The van der Waals surface area contributed by atoms with E-state index in [1.165, 1.54) is 11.1 Å². The van der Waals surface area contributed by atoms with E-state index < -0.39 is 11.8 Å². The number of rotatable bonds is 2. The van der Waals surface area contributed by atoms with Gasteiger partial charge in [-0.1, -0.05) is 41.4 Å². The molecule has 0 bridgehead atoms. The summed E-state index contributed by atoms with van der Waals surface area (Å²) in [5.74, 6) is -0.883. The lowest BCUT2D eigenvalue weighted by atomic mass is 10.1. The van der Waals surface area contributed by atoms with Crippen molar-refractivity contribution in [3.8, 4) is 0 Å². The Labute approximate surface area is 143 Å². The SMILES string of the molecule is Cc1ccc(N2NC(=O)/C(=C/c3ccc(Cl)cc3)C2=O)cc1Cl. The zero-order valence-corrected chi connectivity index (χ0v) is 13.7. The van der Waals surface area contributed by atoms with E-state index >= 15 is 0 Å². The molecule has 0 radical (unpaired) electrons. The molecule has 2 amide bonds. The van der Waals surface area contributed by atoms with Crippen LogP contribution >= 0.6 is 23.2 Å². The number of nitrogens with one attached hydrogen (secondary N) is 1. The van der Waals surface area contributed by atoms with Gasteiger partial charge in [0.15, 0.2) is 0 Å². The molecular weight excluding hydrogens is 335 g/mol. The highest BCUT2D eigenvalue weighted by molar-refractivity contribution is 6.33. The second-order valence-electron chi connectivity index (χ2n) is 5.12. The summed E-state index contributed by atoms with van der Waals surface area (Å²) in [6.45, 7) is 1.86. The van der Waals surface area contributed by atoms with Gasteiger partial charge in [0.05, 0.1) is 5.69 Å². The smallest absolute Gasteiger partial charge is 0.267 e. The summed E-state index contributed by atoms with van der Waals surface area (Å²) in [5.41, 5.74) is 4.72. The first-order valence-corrected chi connectivity index (χ1v) is 7.60. The minimum absolute atomic E-state index is 0.0593. The molecule has 1 heterocycles. The Balaban J connectivity index is 1.93. The molecule has 1 saturated heterocycles. The van der Waals surface area contributed by atoms with E-state index in [4.69, 9.17) is 23.2 Å². The third-order valence-corrected chi connectivity index (χ3v) is 4.15. The van der Waals surface area contributed by atoms with E-state index in [1.54, 1.807) is 42.5 Å². The van der Waals surface area contributed by atoms with Crippen molar-refractivity contribution in [2.24, 2.45) is 0 Å². The van der Waals surface area contributed by atoms with Gasteiger partial charge < -0.3 is 0 Å². The lowest BCUT2D eigenvalue weighted by molar-refractivity contribution is -0.117. The molecule has 4 nitrogen and oxygen atoms in total. The van der Waals surface area contributed by atoms with Crippen LogP contribution in [0.4, 0.5) is 5.69 Å². The van der Waals surface area contributed by atoms with E-state index in [0.29, 0.717) is 15.7 Å². The van der Waals surface area contributed by atoms with Crippen molar-refractivity contribution in [2.75, 3.05) is 5.01 Å². The van der Waals surface area contributed by atoms with E-state index in [0.717, 1.165) is 11.1 Å². The van der Waals surface area contributed by atoms with Crippen LogP contribution in [0.25, 0.3) is 6.08 Å². The molecule has 116 valence electrons. The number of hydrogen-bond donors (Lipinski definition) is 1. The first-order chi connectivity index (χ1) is 11.0. The molecule has 0 aromatic heterocycles. The van der Waals surface area contributed by atoms with Crippen LogP contribution in [0.1, 0.15) is 11.1 Å². The predicted molar refractivity (Wildman–Crippen MR) is 91.2 cm³/mol. The van der Waals surface area contributed by atoms with Crippen LogP contribution in [0, 0.1) is 6.92 Å². The number of amides is 2. The van der Waals surface area contributed by atoms with Gasteiger partial charge in [-0.3, -0.25) is 15.0 Å². The largest absolute Gasteiger partial charge is 0.282 e. The van der Waals surface area contributed by atoms with Crippen LogP contribution < -0.4 is 10.4 Å². The van der Waals surface area contributed by atoms with E-state index in [-0.39, 0.29) is 5.57 Å². The zero-order valence-electron chi connectivity index (χ0n) is 12.1. The van der Waals surface area contributed by atoms with Crippen molar-refractivity contribution < 1.29 is 9.59 Å². The minimum atomic E-state index is -0.457. The van der Waals surface area contributed by atoms with Crippen molar-refractivity contribution in [1.82, 2.24) is 5.43 Å². The molecule has 1 N–H and O–H groups in total. The Bertz CT molecular complexity index is 829. The molecule has 0 atom stereocenters. The van der Waals surface area contributed by atoms with Crippen LogP contribution in [0.3, 0.4) is 0 Å². The molecule has 0 unspecified atom stereocenters. The quantitative estimate of drug-likeness (QED) is 0.664. The lowest BCUT2D eigenvalue weighted by Gasteiger charge is -2.15. The summed E-state index contributed by atoms with van der Waals surface area (Å²) in [5, 5.41) is 2.31. The molecule has 1 aliphatic rings. The summed E-state index contributed by atoms with van der Waals surface area (Å²) >= 11 is 11.9. The number of aryl methyl sites for hydroxylation is 1. The second kappa shape index (κ2) is 6.07. The van der Waals surface area contributed by atoms with Crippen molar-refractivity contribution in [3.63, 3.8) is 0 Å². The Morgan fingerprint density at radius 3 is 2.39 bits per heavy atom. The maximum atomic E-state index is 12.5. The molecule has 3 rings (SSSR count). The van der Waals surface area contributed by atoms with Gasteiger partial charge in [-0.25, -0.2) is 5.01 Å². The van der Waals surface area contributed by atoms with E-state index in [1.807, 2.05) is 6.92 Å². The molecule has 2 aromatic carbocycles. The fraction of sp³-hybridized carbons (Fsp3) is 0.0588. The Hall–Kier alpha value is -2.30. The first kappa shape index (κ1) is 15.6. The third kappa shape index (κ3) is 3.09. The standard InChI is InChI=1S/C17H12Cl2N2O2/c1-10-2-7-13(9-15(10)19)21-17(23)14(16(22)20-21)8-11-3-5-12(18)6-4-11/h2-9H,1H3,(H,20,22)/b14-8-. The van der Waals surface area contributed by atoms with Crippen LogP contribution in [-0.4, -0.2) is 11.8 Å². The molecule has 2 aromatic rings. The molecule has 0 aliphatic carbocycles. The van der Waals surface area contributed by atoms with Gasteiger partial charge in [-0.05, 0) is 48.4 Å². The van der Waals surface area contributed by atoms with Crippen LogP contribution in [0.15, 0.2) is 48.0 Å². The summed E-state index contributed by atoms with van der Waals surface area (Å²) in [7, 11) is 0. The lowest BCUT2D eigenvalue weighted by Crippen LogP contribution is -2.35. The Morgan fingerprint density at radius 1 is 1.04 bits per heavy atom. The topological polar surface area (TPSA) is 49.4 Å². The number of hydrazine groups is 1. The average Bonchev–Trinajstić information content (AvgIpc) is 2.80. The highest BCUT2D eigenvalue weighted by Crippen LogP contribution is 2.26. The number of benzene rings is 2. The van der Waals surface area contributed by atoms with Crippen LogP contribution in [-0.2, 0) is 9.59 Å².